The second-order valence-electron chi connectivity index (χ2n) is 5.72. The lowest BCUT2D eigenvalue weighted by Crippen LogP contribution is -2.39. The average molecular weight is 286 g/mol. The Morgan fingerprint density at radius 1 is 1.32 bits per heavy atom. The number of phenolic OH excluding ortho intramolecular Hbond substituents is 1. The van der Waals surface area contributed by atoms with Gasteiger partial charge in [0.1, 0.15) is 5.75 Å². The van der Waals surface area contributed by atoms with Gasteiger partial charge in [-0.1, -0.05) is 19.9 Å². The third-order valence-electron chi connectivity index (χ3n) is 2.61. The van der Waals surface area contributed by atoms with Gasteiger partial charge in [0.25, 0.3) is 0 Å². The van der Waals surface area contributed by atoms with Crippen LogP contribution in [0.3, 0.4) is 0 Å². The number of nitrogens with zero attached hydrogens (tertiary/aromatic N) is 1. The summed E-state index contributed by atoms with van der Waals surface area (Å²) in [5.41, 5.74) is -0.173. The predicted octanol–water partition coefficient (Wildman–Crippen LogP) is 1.26. The second kappa shape index (κ2) is 5.90. The fraction of sp³-hybridized carbons (Fsp3) is 0.538. The molecule has 0 aromatic heterocycles. The molecule has 0 unspecified atom stereocenters. The molecule has 0 aliphatic rings. The minimum absolute atomic E-state index is 0.0598. The summed E-state index contributed by atoms with van der Waals surface area (Å²) in [5, 5.41) is 9.32. The molecule has 0 bridgehead atoms. The van der Waals surface area contributed by atoms with E-state index in [0.29, 0.717) is 6.54 Å². The first-order valence-electron chi connectivity index (χ1n) is 6.06. The van der Waals surface area contributed by atoms with Crippen LogP contribution in [0.2, 0.25) is 0 Å². The van der Waals surface area contributed by atoms with Gasteiger partial charge in [-0.2, -0.15) is 0 Å². The lowest BCUT2D eigenvalue weighted by molar-refractivity contribution is 0.242. The summed E-state index contributed by atoms with van der Waals surface area (Å²) < 4.78 is 26.7. The maximum absolute atomic E-state index is 12.1. The molecule has 2 N–H and O–H groups in total. The highest BCUT2D eigenvalue weighted by Gasteiger charge is 2.23. The molecule has 0 spiro atoms. The molecule has 1 aromatic carbocycles. The molecule has 0 saturated heterocycles. The van der Waals surface area contributed by atoms with Crippen LogP contribution in [0.25, 0.3) is 0 Å². The molecule has 0 fully saturated rings. The summed E-state index contributed by atoms with van der Waals surface area (Å²) in [6.07, 6.45) is 0. The molecule has 5 nitrogen and oxygen atoms in total. The zero-order chi connectivity index (χ0) is 14.7. The third kappa shape index (κ3) is 5.18. The number of rotatable bonds is 6. The van der Waals surface area contributed by atoms with Crippen LogP contribution in [-0.2, 0) is 10.0 Å². The van der Waals surface area contributed by atoms with Crippen molar-refractivity contribution in [2.45, 2.75) is 18.7 Å². The van der Waals surface area contributed by atoms with E-state index in [1.54, 1.807) is 0 Å². The predicted molar refractivity (Wildman–Crippen MR) is 75.6 cm³/mol. The van der Waals surface area contributed by atoms with E-state index >= 15 is 0 Å². The number of hydrogen-bond acceptors (Lipinski definition) is 4. The zero-order valence-corrected chi connectivity index (χ0v) is 12.7. The Bertz CT molecular complexity index is 524. The monoisotopic (exact) mass is 286 g/mol. The van der Waals surface area contributed by atoms with E-state index in [9.17, 15) is 13.5 Å². The zero-order valence-electron chi connectivity index (χ0n) is 11.8. The minimum Gasteiger partial charge on any atom is -0.508 e. The second-order valence-corrected chi connectivity index (χ2v) is 7.49. The topological polar surface area (TPSA) is 69.6 Å². The first-order valence-corrected chi connectivity index (χ1v) is 7.54. The highest BCUT2D eigenvalue weighted by molar-refractivity contribution is 7.89. The molecule has 0 radical (unpaired) electrons. The van der Waals surface area contributed by atoms with Crippen LogP contribution in [0.15, 0.2) is 29.2 Å². The standard InChI is InChI=1S/C13H22N2O3S/c1-13(2,10-15(3)4)9-14-19(17,18)12-7-5-6-11(16)8-12/h5-8,14,16H,9-10H2,1-4H3. The largest absolute Gasteiger partial charge is 0.508 e. The van der Waals surface area contributed by atoms with Gasteiger partial charge in [0.15, 0.2) is 0 Å². The van der Waals surface area contributed by atoms with Crippen molar-refractivity contribution in [1.82, 2.24) is 9.62 Å². The third-order valence-corrected chi connectivity index (χ3v) is 4.01. The van der Waals surface area contributed by atoms with Gasteiger partial charge in [0.05, 0.1) is 4.90 Å². The number of nitrogens with one attached hydrogen (secondary N) is 1. The van der Waals surface area contributed by atoms with Gasteiger partial charge in [0, 0.05) is 13.1 Å². The summed E-state index contributed by atoms with van der Waals surface area (Å²) in [6, 6.07) is 5.64. The van der Waals surface area contributed by atoms with Crippen molar-refractivity contribution < 1.29 is 13.5 Å². The van der Waals surface area contributed by atoms with E-state index in [0.717, 1.165) is 6.54 Å². The number of benzene rings is 1. The Morgan fingerprint density at radius 2 is 1.95 bits per heavy atom. The van der Waals surface area contributed by atoms with Crippen LogP contribution in [0.5, 0.6) is 5.75 Å². The summed E-state index contributed by atoms with van der Waals surface area (Å²) in [6.45, 7) is 5.11. The minimum atomic E-state index is -3.58. The maximum Gasteiger partial charge on any atom is 0.240 e. The van der Waals surface area contributed by atoms with Crippen LogP contribution >= 0.6 is 0 Å². The number of hydrogen-bond donors (Lipinski definition) is 2. The van der Waals surface area contributed by atoms with E-state index in [4.69, 9.17) is 0 Å². The fourth-order valence-electron chi connectivity index (χ4n) is 1.94. The summed E-state index contributed by atoms with van der Waals surface area (Å²) in [5.74, 6) is -0.0598. The Labute approximate surface area is 115 Å². The highest BCUT2D eigenvalue weighted by atomic mass is 32.2. The molecule has 6 heteroatoms. The van der Waals surface area contributed by atoms with E-state index in [1.165, 1.54) is 24.3 Å². The molecule has 1 aromatic rings. The molecule has 19 heavy (non-hydrogen) atoms. The molecule has 0 aliphatic carbocycles. The smallest absolute Gasteiger partial charge is 0.240 e. The van der Waals surface area contributed by atoms with E-state index < -0.39 is 10.0 Å². The molecular formula is C13H22N2O3S. The molecule has 0 atom stereocenters. The quantitative estimate of drug-likeness (QED) is 0.826. The molecule has 0 aliphatic heterocycles. The number of sulfonamides is 1. The van der Waals surface area contributed by atoms with Crippen LogP contribution in [0.1, 0.15) is 13.8 Å². The highest BCUT2D eigenvalue weighted by Crippen LogP contribution is 2.18. The summed E-state index contributed by atoms with van der Waals surface area (Å²) in [4.78, 5) is 2.09. The van der Waals surface area contributed by atoms with Crippen LogP contribution < -0.4 is 4.72 Å². The normalized spacial score (nSPS) is 12.9. The Balaban J connectivity index is 2.76. The van der Waals surface area contributed by atoms with Crippen LogP contribution in [-0.4, -0.2) is 45.6 Å². The first kappa shape index (κ1) is 15.9. The Morgan fingerprint density at radius 3 is 2.47 bits per heavy atom. The fourth-order valence-corrected chi connectivity index (χ4v) is 3.22. The van der Waals surface area contributed by atoms with Gasteiger partial charge in [-0.15, -0.1) is 0 Å². The molecule has 0 amide bonds. The van der Waals surface area contributed by atoms with Crippen molar-refractivity contribution in [1.29, 1.82) is 0 Å². The van der Waals surface area contributed by atoms with Gasteiger partial charge < -0.3 is 10.0 Å². The Hall–Kier alpha value is -1.11. The first-order chi connectivity index (χ1) is 8.62. The summed E-state index contributed by atoms with van der Waals surface area (Å²) in [7, 11) is 0.319. The Kier molecular flexibility index (Phi) is 4.95. The molecule has 0 saturated carbocycles. The van der Waals surface area contributed by atoms with Gasteiger partial charge in [-0.25, -0.2) is 13.1 Å². The molecule has 108 valence electrons. The van der Waals surface area contributed by atoms with Crippen molar-refractivity contribution in [2.24, 2.45) is 5.41 Å². The van der Waals surface area contributed by atoms with Gasteiger partial charge in [-0.3, -0.25) is 0 Å². The van der Waals surface area contributed by atoms with Crippen molar-refractivity contribution >= 4 is 10.0 Å². The van der Waals surface area contributed by atoms with E-state index in [-0.39, 0.29) is 16.1 Å². The average Bonchev–Trinajstić information content (AvgIpc) is 2.25. The SMILES string of the molecule is CN(C)CC(C)(C)CNS(=O)(=O)c1cccc(O)c1. The van der Waals surface area contributed by atoms with Gasteiger partial charge >= 0.3 is 0 Å². The lowest BCUT2D eigenvalue weighted by Gasteiger charge is -2.28. The van der Waals surface area contributed by atoms with Crippen molar-refractivity contribution in [2.75, 3.05) is 27.2 Å². The van der Waals surface area contributed by atoms with Crippen molar-refractivity contribution in [3.05, 3.63) is 24.3 Å². The maximum atomic E-state index is 12.1. The number of aromatic hydroxyl groups is 1. The lowest BCUT2D eigenvalue weighted by atomic mass is 9.93. The van der Waals surface area contributed by atoms with E-state index in [1.807, 2.05) is 32.8 Å². The van der Waals surface area contributed by atoms with Crippen LogP contribution in [0, 0.1) is 5.41 Å². The molecular weight excluding hydrogens is 264 g/mol. The molecule has 0 heterocycles. The van der Waals surface area contributed by atoms with Gasteiger partial charge in [0.2, 0.25) is 10.0 Å². The van der Waals surface area contributed by atoms with E-state index in [2.05, 4.69) is 4.72 Å². The molecule has 1 rings (SSSR count). The summed E-state index contributed by atoms with van der Waals surface area (Å²) >= 11 is 0. The number of phenols is 1. The van der Waals surface area contributed by atoms with Crippen LogP contribution in [0.4, 0.5) is 0 Å². The van der Waals surface area contributed by atoms with Crippen molar-refractivity contribution in [3.8, 4) is 5.75 Å². The van der Waals surface area contributed by atoms with Gasteiger partial charge in [-0.05, 0) is 37.7 Å². The van der Waals surface area contributed by atoms with Crippen molar-refractivity contribution in [3.63, 3.8) is 0 Å².